The monoisotopic (exact) mass is 330 g/mol. The van der Waals surface area contributed by atoms with Crippen LogP contribution in [-0.4, -0.2) is 63.3 Å². The second-order valence-corrected chi connectivity index (χ2v) is 5.99. The maximum absolute atomic E-state index is 12.6. The quantitative estimate of drug-likeness (QED) is 0.811. The van der Waals surface area contributed by atoms with Crippen LogP contribution in [-0.2, 0) is 9.47 Å². The zero-order valence-corrected chi connectivity index (χ0v) is 13.1. The molecule has 0 saturated carbocycles. The van der Waals surface area contributed by atoms with E-state index >= 15 is 0 Å². The minimum absolute atomic E-state index is 0.234. The van der Waals surface area contributed by atoms with Gasteiger partial charge >= 0.3 is 0 Å². The highest BCUT2D eigenvalue weighted by Crippen LogP contribution is 2.27. The molecule has 2 aliphatic rings. The average Bonchev–Trinajstić information content (AvgIpc) is 3.26. The number of nitrogens with one attached hydrogen (secondary N) is 1. The van der Waals surface area contributed by atoms with E-state index in [2.05, 4.69) is 15.4 Å². The molecule has 1 amide bonds. The summed E-state index contributed by atoms with van der Waals surface area (Å²) >= 11 is 0. The lowest BCUT2D eigenvalue weighted by atomic mass is 10.1. The first-order valence-corrected chi connectivity index (χ1v) is 7.83. The van der Waals surface area contributed by atoms with Crippen LogP contribution < -0.4 is 5.32 Å². The van der Waals surface area contributed by atoms with Crippen molar-refractivity contribution in [2.75, 3.05) is 13.2 Å². The van der Waals surface area contributed by atoms with Gasteiger partial charge < -0.3 is 19.9 Å². The summed E-state index contributed by atoms with van der Waals surface area (Å²) in [6, 6.07) is 5.23. The van der Waals surface area contributed by atoms with Crippen LogP contribution in [0.3, 0.4) is 0 Å². The Balaban J connectivity index is 1.51. The maximum atomic E-state index is 12.6. The van der Waals surface area contributed by atoms with Gasteiger partial charge in [-0.25, -0.2) is 9.67 Å². The zero-order valence-electron chi connectivity index (χ0n) is 13.1. The number of carbonyl (C=O) groups is 1. The number of ether oxygens (including phenoxy) is 2. The molecular formula is C16H18N4O4. The van der Waals surface area contributed by atoms with Crippen LogP contribution in [0.5, 0.6) is 0 Å². The number of pyridine rings is 1. The molecule has 8 heteroatoms. The van der Waals surface area contributed by atoms with Gasteiger partial charge in [0.1, 0.15) is 18.3 Å². The van der Waals surface area contributed by atoms with Gasteiger partial charge in [-0.2, -0.15) is 5.10 Å². The van der Waals surface area contributed by atoms with E-state index in [-0.39, 0.29) is 30.8 Å². The molecule has 2 aliphatic heterocycles. The van der Waals surface area contributed by atoms with Crippen molar-refractivity contribution >= 4 is 5.91 Å². The molecule has 2 aromatic rings. The van der Waals surface area contributed by atoms with Crippen molar-refractivity contribution in [1.82, 2.24) is 20.1 Å². The van der Waals surface area contributed by atoms with E-state index < -0.39 is 6.10 Å². The standard InChI is InChI=1S/C16H18N4O4/c1-9-10(6-18-20(9)13-4-2-3-5-17-13)16(22)19-11-7-23-15-12(21)8-24-14(11)15/h2-6,11-12,14-15,21H,7-8H2,1H3,(H,19,22)/t11-,12-,14-,15-/m1/s1. The lowest BCUT2D eigenvalue weighted by Crippen LogP contribution is -2.44. The SMILES string of the molecule is Cc1c(C(=O)N[C@@H]2CO[C@H]3[C@@H]2OC[C@H]3O)cnn1-c1ccccn1. The summed E-state index contributed by atoms with van der Waals surface area (Å²) in [7, 11) is 0. The number of nitrogens with zero attached hydrogens (tertiary/aromatic N) is 3. The molecule has 0 aromatic carbocycles. The molecule has 2 saturated heterocycles. The van der Waals surface area contributed by atoms with Crippen molar-refractivity contribution < 1.29 is 19.4 Å². The number of carbonyl (C=O) groups excluding carboxylic acids is 1. The van der Waals surface area contributed by atoms with Crippen LogP contribution in [0.1, 0.15) is 16.1 Å². The van der Waals surface area contributed by atoms with Gasteiger partial charge in [0, 0.05) is 6.20 Å². The summed E-state index contributed by atoms with van der Waals surface area (Å²) < 4.78 is 12.7. The number of hydrogen-bond acceptors (Lipinski definition) is 6. The Morgan fingerprint density at radius 2 is 2.17 bits per heavy atom. The fraction of sp³-hybridized carbons (Fsp3) is 0.438. The van der Waals surface area contributed by atoms with E-state index in [1.807, 2.05) is 25.1 Å². The third-order valence-corrected chi connectivity index (χ3v) is 4.46. The first-order valence-electron chi connectivity index (χ1n) is 7.83. The summed E-state index contributed by atoms with van der Waals surface area (Å²) in [6.07, 6.45) is 1.89. The van der Waals surface area contributed by atoms with Gasteiger partial charge in [0.25, 0.3) is 5.91 Å². The van der Waals surface area contributed by atoms with Crippen LogP contribution >= 0.6 is 0 Å². The number of hydrogen-bond donors (Lipinski definition) is 2. The van der Waals surface area contributed by atoms with Gasteiger partial charge in [-0.05, 0) is 19.1 Å². The Kier molecular flexibility index (Phi) is 3.79. The molecular weight excluding hydrogens is 312 g/mol. The first kappa shape index (κ1) is 15.3. The number of aliphatic hydroxyl groups excluding tert-OH is 1. The Bertz CT molecular complexity index is 748. The third-order valence-electron chi connectivity index (χ3n) is 4.46. The van der Waals surface area contributed by atoms with Crippen molar-refractivity contribution in [3.05, 3.63) is 41.9 Å². The van der Waals surface area contributed by atoms with Crippen molar-refractivity contribution in [3.63, 3.8) is 0 Å². The zero-order chi connectivity index (χ0) is 16.7. The van der Waals surface area contributed by atoms with Crippen LogP contribution in [0.15, 0.2) is 30.6 Å². The summed E-state index contributed by atoms with van der Waals surface area (Å²) in [5, 5.41) is 16.9. The Morgan fingerprint density at radius 3 is 2.96 bits per heavy atom. The summed E-state index contributed by atoms with van der Waals surface area (Å²) in [5.74, 6) is 0.412. The Hall–Kier alpha value is -2.29. The second-order valence-electron chi connectivity index (χ2n) is 5.99. The highest BCUT2D eigenvalue weighted by Gasteiger charge is 2.47. The van der Waals surface area contributed by atoms with Crippen LogP contribution in [0.2, 0.25) is 0 Å². The normalized spacial score (nSPS) is 28.8. The molecule has 0 aliphatic carbocycles. The number of aliphatic hydroxyl groups is 1. The molecule has 0 bridgehead atoms. The molecule has 126 valence electrons. The summed E-state index contributed by atoms with van der Waals surface area (Å²) in [5.41, 5.74) is 1.18. The van der Waals surface area contributed by atoms with Crippen LogP contribution in [0, 0.1) is 6.92 Å². The topological polar surface area (TPSA) is 98.5 Å². The van der Waals surface area contributed by atoms with E-state index in [1.54, 1.807) is 10.9 Å². The van der Waals surface area contributed by atoms with Crippen molar-refractivity contribution in [2.24, 2.45) is 0 Å². The average molecular weight is 330 g/mol. The lowest BCUT2D eigenvalue weighted by Gasteiger charge is -2.17. The van der Waals surface area contributed by atoms with Crippen molar-refractivity contribution in [2.45, 2.75) is 31.3 Å². The van der Waals surface area contributed by atoms with Crippen LogP contribution in [0.25, 0.3) is 5.82 Å². The largest absolute Gasteiger partial charge is 0.388 e. The molecule has 4 atom stereocenters. The molecule has 2 N–H and O–H groups in total. The summed E-state index contributed by atoms with van der Waals surface area (Å²) in [6.45, 7) is 2.38. The number of aromatic nitrogens is 3. The molecule has 24 heavy (non-hydrogen) atoms. The molecule has 2 aromatic heterocycles. The fourth-order valence-corrected chi connectivity index (χ4v) is 3.19. The highest BCUT2D eigenvalue weighted by atomic mass is 16.6. The van der Waals surface area contributed by atoms with E-state index in [4.69, 9.17) is 9.47 Å². The predicted octanol–water partition coefficient (Wildman–Crippen LogP) is -0.167. The molecule has 8 nitrogen and oxygen atoms in total. The minimum atomic E-state index is -0.634. The Morgan fingerprint density at radius 1 is 1.33 bits per heavy atom. The number of fused-ring (bicyclic) bond motifs is 1. The van der Waals surface area contributed by atoms with E-state index in [1.165, 1.54) is 6.20 Å². The van der Waals surface area contributed by atoms with Gasteiger partial charge in [-0.1, -0.05) is 6.07 Å². The van der Waals surface area contributed by atoms with Gasteiger partial charge in [0.15, 0.2) is 5.82 Å². The van der Waals surface area contributed by atoms with Crippen LogP contribution in [0.4, 0.5) is 0 Å². The maximum Gasteiger partial charge on any atom is 0.255 e. The molecule has 4 heterocycles. The Labute approximate surface area is 138 Å². The van der Waals surface area contributed by atoms with E-state index in [0.717, 1.165) is 0 Å². The molecule has 2 fully saturated rings. The van der Waals surface area contributed by atoms with Gasteiger partial charge in [0.2, 0.25) is 0 Å². The first-order chi connectivity index (χ1) is 11.6. The number of rotatable bonds is 3. The smallest absolute Gasteiger partial charge is 0.255 e. The fourth-order valence-electron chi connectivity index (χ4n) is 3.19. The summed E-state index contributed by atoms with van der Waals surface area (Å²) in [4.78, 5) is 16.8. The minimum Gasteiger partial charge on any atom is -0.388 e. The van der Waals surface area contributed by atoms with E-state index in [9.17, 15) is 9.90 Å². The second kappa shape index (κ2) is 5.97. The highest BCUT2D eigenvalue weighted by molar-refractivity contribution is 5.95. The molecule has 0 radical (unpaired) electrons. The molecule has 0 spiro atoms. The van der Waals surface area contributed by atoms with Crippen molar-refractivity contribution in [3.8, 4) is 5.82 Å². The van der Waals surface area contributed by atoms with Gasteiger partial charge in [-0.3, -0.25) is 4.79 Å². The predicted molar refractivity (Wildman–Crippen MR) is 82.8 cm³/mol. The third kappa shape index (κ3) is 2.48. The van der Waals surface area contributed by atoms with Crippen molar-refractivity contribution in [1.29, 1.82) is 0 Å². The van der Waals surface area contributed by atoms with E-state index in [0.29, 0.717) is 23.7 Å². The van der Waals surface area contributed by atoms with Gasteiger partial charge in [0.05, 0.1) is 36.7 Å². The number of amides is 1. The lowest BCUT2D eigenvalue weighted by molar-refractivity contribution is 0.0178. The molecule has 4 rings (SSSR count). The molecule has 0 unspecified atom stereocenters. The van der Waals surface area contributed by atoms with Gasteiger partial charge in [-0.15, -0.1) is 0 Å².